The van der Waals surface area contributed by atoms with E-state index >= 15 is 0 Å². The Kier molecular flexibility index (Phi) is 6.54. The van der Waals surface area contributed by atoms with E-state index in [0.29, 0.717) is 5.56 Å². The fraction of sp³-hybridized carbons (Fsp3) is 0.263. The van der Waals surface area contributed by atoms with Gasteiger partial charge in [0.05, 0.1) is 23.3 Å². The van der Waals surface area contributed by atoms with Gasteiger partial charge in [0.2, 0.25) is 0 Å². The monoisotopic (exact) mass is 387 g/mol. The van der Waals surface area contributed by atoms with Gasteiger partial charge in [-0.15, -0.1) is 0 Å². The van der Waals surface area contributed by atoms with Crippen molar-refractivity contribution in [1.82, 2.24) is 0 Å². The van der Waals surface area contributed by atoms with Crippen molar-refractivity contribution >= 4 is 28.9 Å². The third-order valence-corrected chi connectivity index (χ3v) is 3.90. The van der Waals surface area contributed by atoms with Crippen molar-refractivity contribution in [2.75, 3.05) is 31.4 Å². The van der Waals surface area contributed by atoms with Crippen LogP contribution in [0.5, 0.6) is 5.75 Å². The first-order chi connectivity index (χ1) is 13.2. The summed E-state index contributed by atoms with van der Waals surface area (Å²) in [5.74, 6) is -1.05. The number of carbonyl (C=O) groups excluding carboxylic acids is 2. The van der Waals surface area contributed by atoms with Crippen LogP contribution in [0.3, 0.4) is 0 Å². The Bertz CT molecular complexity index is 897. The lowest BCUT2D eigenvalue weighted by Gasteiger charge is -2.16. The van der Waals surface area contributed by atoms with Gasteiger partial charge in [-0.2, -0.15) is 0 Å². The molecule has 9 heteroatoms. The van der Waals surface area contributed by atoms with E-state index in [4.69, 9.17) is 9.47 Å². The SMILES string of the molecule is COc1ccc([N+](=O)[O-])cc1NC(=O)[C@@H](C)OC(=O)c1cccc(N(C)C)c1. The first-order valence-corrected chi connectivity index (χ1v) is 8.34. The Morgan fingerprint density at radius 3 is 2.50 bits per heavy atom. The fourth-order valence-corrected chi connectivity index (χ4v) is 2.33. The number of esters is 1. The maximum absolute atomic E-state index is 12.4. The molecule has 1 amide bonds. The number of hydrogen-bond acceptors (Lipinski definition) is 7. The number of methoxy groups -OCH3 is 1. The topological polar surface area (TPSA) is 111 Å². The number of ether oxygens (including phenoxy) is 2. The molecule has 0 unspecified atom stereocenters. The van der Waals surface area contributed by atoms with Gasteiger partial charge >= 0.3 is 5.97 Å². The molecule has 0 saturated heterocycles. The van der Waals surface area contributed by atoms with Crippen molar-refractivity contribution < 1.29 is 24.0 Å². The van der Waals surface area contributed by atoms with E-state index in [-0.39, 0.29) is 17.1 Å². The third kappa shape index (κ3) is 4.97. The maximum Gasteiger partial charge on any atom is 0.338 e. The average molecular weight is 387 g/mol. The minimum Gasteiger partial charge on any atom is -0.495 e. The van der Waals surface area contributed by atoms with E-state index in [1.807, 2.05) is 25.1 Å². The van der Waals surface area contributed by atoms with Gasteiger partial charge in [-0.05, 0) is 31.2 Å². The normalized spacial score (nSPS) is 11.3. The summed E-state index contributed by atoms with van der Waals surface area (Å²) in [6, 6.07) is 10.6. The highest BCUT2D eigenvalue weighted by atomic mass is 16.6. The maximum atomic E-state index is 12.4. The second-order valence-corrected chi connectivity index (χ2v) is 6.12. The molecule has 2 aromatic carbocycles. The number of nitrogens with one attached hydrogen (secondary N) is 1. The van der Waals surface area contributed by atoms with Gasteiger partial charge in [0.25, 0.3) is 11.6 Å². The molecule has 2 aromatic rings. The molecule has 148 valence electrons. The minimum absolute atomic E-state index is 0.110. The minimum atomic E-state index is -1.13. The molecule has 0 aromatic heterocycles. The summed E-state index contributed by atoms with van der Waals surface area (Å²) in [7, 11) is 5.05. The molecular formula is C19H21N3O6. The van der Waals surface area contributed by atoms with Gasteiger partial charge in [0, 0.05) is 31.9 Å². The third-order valence-electron chi connectivity index (χ3n) is 3.90. The number of nitro groups is 1. The quantitative estimate of drug-likeness (QED) is 0.442. The van der Waals surface area contributed by atoms with E-state index < -0.39 is 22.9 Å². The number of nitro benzene ring substituents is 1. The van der Waals surface area contributed by atoms with E-state index in [9.17, 15) is 19.7 Å². The zero-order chi connectivity index (χ0) is 20.8. The van der Waals surface area contributed by atoms with E-state index in [1.54, 1.807) is 18.2 Å². The lowest BCUT2D eigenvalue weighted by molar-refractivity contribution is -0.384. The second-order valence-electron chi connectivity index (χ2n) is 6.12. The van der Waals surface area contributed by atoms with Crippen molar-refractivity contribution in [3.63, 3.8) is 0 Å². The van der Waals surface area contributed by atoms with Crippen LogP contribution >= 0.6 is 0 Å². The second kappa shape index (κ2) is 8.85. The highest BCUT2D eigenvalue weighted by molar-refractivity contribution is 5.98. The number of nitrogens with zero attached hydrogens (tertiary/aromatic N) is 2. The predicted octanol–water partition coefficient (Wildman–Crippen LogP) is 2.85. The van der Waals surface area contributed by atoms with Gasteiger partial charge in [0.1, 0.15) is 5.75 Å². The zero-order valence-corrected chi connectivity index (χ0v) is 16.0. The number of carbonyl (C=O) groups is 2. The Morgan fingerprint density at radius 1 is 1.18 bits per heavy atom. The van der Waals surface area contributed by atoms with Gasteiger partial charge in [-0.1, -0.05) is 6.07 Å². The molecule has 28 heavy (non-hydrogen) atoms. The first kappa shape index (κ1) is 20.7. The zero-order valence-electron chi connectivity index (χ0n) is 16.0. The lowest BCUT2D eigenvalue weighted by Crippen LogP contribution is -2.30. The number of amides is 1. The van der Waals surface area contributed by atoms with Crippen LogP contribution in [0.2, 0.25) is 0 Å². The average Bonchev–Trinajstić information content (AvgIpc) is 2.67. The number of benzene rings is 2. The molecule has 0 heterocycles. The molecule has 9 nitrogen and oxygen atoms in total. The van der Waals surface area contributed by atoms with E-state index in [1.165, 1.54) is 32.2 Å². The largest absolute Gasteiger partial charge is 0.495 e. The van der Waals surface area contributed by atoms with Crippen LogP contribution in [0.1, 0.15) is 17.3 Å². The van der Waals surface area contributed by atoms with Crippen LogP contribution in [-0.4, -0.2) is 44.1 Å². The van der Waals surface area contributed by atoms with E-state index in [2.05, 4.69) is 5.32 Å². The fourth-order valence-electron chi connectivity index (χ4n) is 2.33. The first-order valence-electron chi connectivity index (χ1n) is 8.34. The molecule has 0 spiro atoms. The van der Waals surface area contributed by atoms with Crippen LogP contribution in [0.4, 0.5) is 17.1 Å². The van der Waals surface area contributed by atoms with Crippen LogP contribution in [-0.2, 0) is 9.53 Å². The standard InChI is InChI=1S/C19H21N3O6/c1-12(28-19(24)13-6-5-7-14(10-13)21(2)3)18(23)20-16-11-15(22(25)26)8-9-17(16)27-4/h5-12H,1-4H3,(H,20,23)/t12-/m1/s1. The van der Waals surface area contributed by atoms with Gasteiger partial charge in [-0.25, -0.2) is 4.79 Å². The highest BCUT2D eigenvalue weighted by Gasteiger charge is 2.21. The number of non-ortho nitro benzene ring substituents is 1. The summed E-state index contributed by atoms with van der Waals surface area (Å²) in [6.07, 6.45) is -1.13. The smallest absolute Gasteiger partial charge is 0.338 e. The Hall–Kier alpha value is -3.62. The van der Waals surface area contributed by atoms with Crippen molar-refractivity contribution in [2.45, 2.75) is 13.0 Å². The molecule has 1 atom stereocenters. The summed E-state index contributed by atoms with van der Waals surface area (Å²) in [4.78, 5) is 36.9. The molecule has 0 aliphatic carbocycles. The molecular weight excluding hydrogens is 366 g/mol. The van der Waals surface area contributed by atoms with Crippen molar-refractivity contribution in [3.8, 4) is 5.75 Å². The van der Waals surface area contributed by atoms with Crippen LogP contribution < -0.4 is 15.0 Å². The summed E-state index contributed by atoms with van der Waals surface area (Å²) in [5.41, 5.74) is 1.02. The molecule has 0 bridgehead atoms. The van der Waals surface area contributed by atoms with Crippen LogP contribution in [0.15, 0.2) is 42.5 Å². The molecule has 1 N–H and O–H groups in total. The summed E-state index contributed by atoms with van der Waals surface area (Å²) in [5, 5.41) is 13.4. The number of hydrogen-bond donors (Lipinski definition) is 1. The number of rotatable bonds is 7. The van der Waals surface area contributed by atoms with Crippen molar-refractivity contribution in [1.29, 1.82) is 0 Å². The summed E-state index contributed by atoms with van der Waals surface area (Å²) in [6.45, 7) is 1.41. The van der Waals surface area contributed by atoms with Crippen LogP contribution in [0.25, 0.3) is 0 Å². The lowest BCUT2D eigenvalue weighted by atomic mass is 10.2. The Labute approximate surface area is 162 Å². The van der Waals surface area contributed by atoms with Crippen molar-refractivity contribution in [2.24, 2.45) is 0 Å². The van der Waals surface area contributed by atoms with Gasteiger partial charge in [-0.3, -0.25) is 14.9 Å². The summed E-state index contributed by atoms with van der Waals surface area (Å²) >= 11 is 0. The van der Waals surface area contributed by atoms with Gasteiger partial charge in [0.15, 0.2) is 6.10 Å². The predicted molar refractivity (Wildman–Crippen MR) is 104 cm³/mol. The Morgan fingerprint density at radius 2 is 1.89 bits per heavy atom. The molecule has 2 rings (SSSR count). The molecule has 0 aliphatic heterocycles. The van der Waals surface area contributed by atoms with Gasteiger partial charge < -0.3 is 19.7 Å². The Balaban J connectivity index is 2.11. The summed E-state index contributed by atoms with van der Waals surface area (Å²) < 4.78 is 10.3. The molecule has 0 radical (unpaired) electrons. The van der Waals surface area contributed by atoms with Crippen LogP contribution in [0, 0.1) is 10.1 Å². The molecule has 0 fully saturated rings. The molecule has 0 saturated carbocycles. The van der Waals surface area contributed by atoms with Crippen molar-refractivity contribution in [3.05, 3.63) is 58.1 Å². The highest BCUT2D eigenvalue weighted by Crippen LogP contribution is 2.29. The van der Waals surface area contributed by atoms with E-state index in [0.717, 1.165) is 5.69 Å². The molecule has 0 aliphatic rings. The number of anilines is 2.